The summed E-state index contributed by atoms with van der Waals surface area (Å²) >= 11 is 0. The van der Waals surface area contributed by atoms with Crippen molar-refractivity contribution in [3.8, 4) is 11.3 Å². The van der Waals surface area contributed by atoms with E-state index >= 15 is 0 Å². The number of pyridine rings is 1. The number of aromatic nitrogens is 1. The summed E-state index contributed by atoms with van der Waals surface area (Å²) in [4.78, 5) is 61.5. The largest absolute Gasteiger partial charge is 0.481 e. The zero-order valence-electron chi connectivity index (χ0n) is 28.4. The number of unbranched alkanes of at least 4 members (excludes halogenated alkanes) is 2. The van der Waals surface area contributed by atoms with Gasteiger partial charge in [-0.15, -0.1) is 0 Å². The molecule has 2 fully saturated rings. The van der Waals surface area contributed by atoms with Crippen molar-refractivity contribution >= 4 is 29.6 Å². The van der Waals surface area contributed by atoms with Crippen LogP contribution in [0.3, 0.4) is 0 Å². The van der Waals surface area contributed by atoms with Crippen LogP contribution in [0.25, 0.3) is 11.3 Å². The van der Waals surface area contributed by atoms with Crippen molar-refractivity contribution < 1.29 is 33.8 Å². The summed E-state index contributed by atoms with van der Waals surface area (Å²) < 4.78 is 11.1. The molecule has 2 saturated heterocycles. The number of hydrogen-bond acceptors (Lipinski definition) is 8. The molecular weight excluding hydrogens is 614 g/mol. The molecule has 0 aliphatic carbocycles. The second-order valence-corrected chi connectivity index (χ2v) is 12.6. The molecule has 0 radical (unpaired) electrons. The molecule has 262 valence electrons. The Morgan fingerprint density at radius 1 is 0.917 bits per heavy atom. The van der Waals surface area contributed by atoms with Gasteiger partial charge >= 0.3 is 12.1 Å². The highest BCUT2D eigenvalue weighted by Crippen LogP contribution is 2.28. The molecule has 1 atom stereocenters. The number of carbonyl (C=O) groups is 4. The van der Waals surface area contributed by atoms with Crippen LogP contribution in [0.2, 0.25) is 0 Å². The normalized spacial score (nSPS) is 16.0. The van der Waals surface area contributed by atoms with Crippen LogP contribution in [0.4, 0.5) is 10.5 Å². The lowest BCUT2D eigenvalue weighted by molar-refractivity contribution is -0.138. The minimum Gasteiger partial charge on any atom is -0.481 e. The third-order valence-corrected chi connectivity index (χ3v) is 8.87. The predicted octanol–water partition coefficient (Wildman–Crippen LogP) is 4.83. The molecule has 2 aromatic rings. The molecule has 0 unspecified atom stereocenters. The number of ether oxygens (including phenoxy) is 2. The number of anilines is 1. The first-order chi connectivity index (χ1) is 23.3. The van der Waals surface area contributed by atoms with E-state index in [1.165, 1.54) is 0 Å². The van der Waals surface area contributed by atoms with E-state index in [0.29, 0.717) is 31.3 Å². The van der Waals surface area contributed by atoms with Crippen molar-refractivity contribution in [3.05, 3.63) is 48.2 Å². The second kappa shape index (κ2) is 19.0. The van der Waals surface area contributed by atoms with Gasteiger partial charge in [-0.25, -0.2) is 9.78 Å². The van der Waals surface area contributed by atoms with E-state index < -0.39 is 24.0 Å². The standard InChI is InChI=1S/C36H51N5O7/c1-3-5-9-23-48-36(46)41-20-18-40(19-21-41)35(45)30(12-13-33(42)43)38-34(44)32-25-29(24-31(37-32)28-10-7-6-8-11-28)39-16-14-27(15-17-39)26-47-22-4-2/h6-8,10-11,24-25,27,30H,3-5,9,12-23,26H2,1-2H3,(H,38,44)(H,42,43)/t30-/m0/s1. The maximum absolute atomic E-state index is 13.8. The monoisotopic (exact) mass is 665 g/mol. The van der Waals surface area contributed by atoms with E-state index in [1.54, 1.807) is 15.9 Å². The Morgan fingerprint density at radius 3 is 2.29 bits per heavy atom. The van der Waals surface area contributed by atoms with Crippen molar-refractivity contribution in [2.24, 2.45) is 5.92 Å². The Hall–Kier alpha value is -4.19. The first kappa shape index (κ1) is 36.6. The van der Waals surface area contributed by atoms with Crippen molar-refractivity contribution in [2.45, 2.75) is 71.3 Å². The number of benzene rings is 1. The quantitative estimate of drug-likeness (QED) is 0.241. The third-order valence-electron chi connectivity index (χ3n) is 8.87. The number of nitrogens with one attached hydrogen (secondary N) is 1. The van der Waals surface area contributed by atoms with Crippen LogP contribution in [0, 0.1) is 5.92 Å². The van der Waals surface area contributed by atoms with Gasteiger partial charge in [-0.1, -0.05) is 57.0 Å². The maximum atomic E-state index is 13.8. The summed E-state index contributed by atoms with van der Waals surface area (Å²) in [6.07, 6.45) is 5.01. The average Bonchev–Trinajstić information content (AvgIpc) is 3.12. The number of piperazine rings is 1. The highest BCUT2D eigenvalue weighted by atomic mass is 16.6. The lowest BCUT2D eigenvalue weighted by Gasteiger charge is -2.36. The third kappa shape index (κ3) is 10.9. The van der Waals surface area contributed by atoms with Crippen molar-refractivity contribution in [1.29, 1.82) is 0 Å². The van der Waals surface area contributed by atoms with Crippen LogP contribution in [-0.4, -0.2) is 109 Å². The number of carboxylic acids is 1. The van der Waals surface area contributed by atoms with E-state index in [9.17, 15) is 24.3 Å². The minimum absolute atomic E-state index is 0.0710. The Labute approximate surface area is 283 Å². The van der Waals surface area contributed by atoms with Crippen molar-refractivity contribution in [2.75, 3.05) is 64.0 Å². The van der Waals surface area contributed by atoms with E-state index in [1.807, 2.05) is 36.4 Å². The summed E-state index contributed by atoms with van der Waals surface area (Å²) in [5.41, 5.74) is 2.52. The second-order valence-electron chi connectivity index (χ2n) is 12.6. The maximum Gasteiger partial charge on any atom is 0.409 e. The smallest absolute Gasteiger partial charge is 0.409 e. The van der Waals surface area contributed by atoms with Gasteiger partial charge in [0.15, 0.2) is 0 Å². The minimum atomic E-state index is -1.06. The lowest BCUT2D eigenvalue weighted by Crippen LogP contribution is -2.56. The number of amides is 3. The molecule has 4 rings (SSSR count). The number of nitrogens with zero attached hydrogens (tertiary/aromatic N) is 4. The number of rotatable bonds is 16. The summed E-state index contributed by atoms with van der Waals surface area (Å²) in [5, 5.41) is 12.2. The molecule has 1 aromatic carbocycles. The number of piperidine rings is 1. The summed E-state index contributed by atoms with van der Waals surface area (Å²) in [6.45, 7) is 8.81. The fourth-order valence-corrected chi connectivity index (χ4v) is 6.01. The molecule has 2 N–H and O–H groups in total. The van der Waals surface area contributed by atoms with Gasteiger partial charge < -0.3 is 34.6 Å². The van der Waals surface area contributed by atoms with Crippen LogP contribution in [0.1, 0.15) is 75.7 Å². The fraction of sp³-hybridized carbons (Fsp3) is 0.583. The Bertz CT molecular complexity index is 1340. The molecule has 12 heteroatoms. The zero-order chi connectivity index (χ0) is 34.3. The van der Waals surface area contributed by atoms with E-state index in [0.717, 1.165) is 76.1 Å². The highest BCUT2D eigenvalue weighted by molar-refractivity contribution is 5.97. The molecule has 1 aromatic heterocycles. The molecule has 2 aliphatic heterocycles. The predicted molar refractivity (Wildman–Crippen MR) is 183 cm³/mol. The van der Waals surface area contributed by atoms with Gasteiger partial charge in [0.05, 0.1) is 12.3 Å². The van der Waals surface area contributed by atoms with E-state index in [4.69, 9.17) is 14.5 Å². The number of aliphatic carboxylic acids is 1. The van der Waals surface area contributed by atoms with Gasteiger partial charge in [0.2, 0.25) is 5.91 Å². The SMILES string of the molecule is CCCCCOC(=O)N1CCN(C(=O)[C@H](CCC(=O)O)NC(=O)c2cc(N3CCC(COCCC)CC3)cc(-c3ccccc3)n2)CC1. The van der Waals surface area contributed by atoms with Gasteiger partial charge in [-0.2, -0.15) is 0 Å². The molecule has 3 heterocycles. The Morgan fingerprint density at radius 2 is 1.62 bits per heavy atom. The van der Waals surface area contributed by atoms with Crippen LogP contribution < -0.4 is 10.2 Å². The number of carbonyl (C=O) groups excluding carboxylic acids is 3. The topological polar surface area (TPSA) is 142 Å². The Balaban J connectivity index is 1.46. The van der Waals surface area contributed by atoms with Gasteiger partial charge in [0, 0.05) is 70.2 Å². The van der Waals surface area contributed by atoms with Crippen LogP contribution in [0.5, 0.6) is 0 Å². The molecule has 2 aliphatic rings. The summed E-state index contributed by atoms with van der Waals surface area (Å²) in [5.74, 6) is -1.50. The molecule has 0 spiro atoms. The first-order valence-corrected chi connectivity index (χ1v) is 17.4. The van der Waals surface area contributed by atoms with Crippen LogP contribution in [0.15, 0.2) is 42.5 Å². The van der Waals surface area contributed by atoms with Gasteiger partial charge in [0.25, 0.3) is 5.91 Å². The number of hydrogen-bond donors (Lipinski definition) is 2. The van der Waals surface area contributed by atoms with E-state index in [-0.39, 0.29) is 37.5 Å². The summed E-state index contributed by atoms with van der Waals surface area (Å²) in [6, 6.07) is 12.3. The first-order valence-electron chi connectivity index (χ1n) is 17.4. The van der Waals surface area contributed by atoms with Crippen molar-refractivity contribution in [3.63, 3.8) is 0 Å². The van der Waals surface area contributed by atoms with Gasteiger partial charge in [0.1, 0.15) is 11.7 Å². The van der Waals surface area contributed by atoms with Gasteiger partial charge in [-0.3, -0.25) is 14.4 Å². The average molecular weight is 666 g/mol. The summed E-state index contributed by atoms with van der Waals surface area (Å²) in [7, 11) is 0. The van der Waals surface area contributed by atoms with Crippen LogP contribution in [-0.2, 0) is 19.1 Å². The molecule has 0 bridgehead atoms. The number of carboxylic acid groups (broad SMARTS) is 1. The molecular formula is C36H51N5O7. The van der Waals surface area contributed by atoms with E-state index in [2.05, 4.69) is 24.1 Å². The zero-order valence-corrected chi connectivity index (χ0v) is 28.4. The Kier molecular flexibility index (Phi) is 14.5. The highest BCUT2D eigenvalue weighted by Gasteiger charge is 2.31. The van der Waals surface area contributed by atoms with Gasteiger partial charge in [-0.05, 0) is 50.2 Å². The molecule has 48 heavy (non-hydrogen) atoms. The fourth-order valence-electron chi connectivity index (χ4n) is 6.01. The van der Waals surface area contributed by atoms with Crippen molar-refractivity contribution in [1.82, 2.24) is 20.1 Å². The van der Waals surface area contributed by atoms with Crippen LogP contribution >= 0.6 is 0 Å². The molecule has 3 amide bonds. The molecule has 0 saturated carbocycles. The lowest BCUT2D eigenvalue weighted by atomic mass is 9.97. The molecule has 12 nitrogen and oxygen atoms in total.